The Hall–Kier alpha value is -1.53. The normalized spacial score (nSPS) is 10.3. The van der Waals surface area contributed by atoms with Gasteiger partial charge in [-0.25, -0.2) is 4.79 Å². The van der Waals surface area contributed by atoms with Crippen LogP contribution in [0.4, 0.5) is 10.5 Å². The molecule has 0 aliphatic carbocycles. The molecule has 1 amide bonds. The lowest BCUT2D eigenvalue weighted by molar-refractivity contribution is 0.213. The SMILES string of the molecule is COc1cc(Br)c(Br)cc1OC(=O)Nc1c(C)cc(C)cc1C. The van der Waals surface area contributed by atoms with Crippen LogP contribution in [0.2, 0.25) is 0 Å². The fourth-order valence-corrected chi connectivity index (χ4v) is 3.00. The molecule has 0 saturated carbocycles. The second-order valence-corrected chi connectivity index (χ2v) is 6.91. The van der Waals surface area contributed by atoms with Crippen molar-refractivity contribution < 1.29 is 14.3 Å². The van der Waals surface area contributed by atoms with E-state index in [1.807, 2.05) is 32.9 Å². The predicted molar refractivity (Wildman–Crippen MR) is 98.7 cm³/mol. The molecule has 0 unspecified atom stereocenters. The van der Waals surface area contributed by atoms with E-state index in [0.717, 1.165) is 31.3 Å². The van der Waals surface area contributed by atoms with Gasteiger partial charge in [0.2, 0.25) is 0 Å². The molecule has 0 fully saturated rings. The van der Waals surface area contributed by atoms with Crippen molar-refractivity contribution in [3.8, 4) is 11.5 Å². The second-order valence-electron chi connectivity index (χ2n) is 5.21. The van der Waals surface area contributed by atoms with Crippen LogP contribution in [0.1, 0.15) is 16.7 Å². The zero-order chi connectivity index (χ0) is 17.1. The number of halogens is 2. The van der Waals surface area contributed by atoms with Crippen LogP contribution in [0.25, 0.3) is 0 Å². The van der Waals surface area contributed by atoms with Crippen LogP contribution in [0.5, 0.6) is 11.5 Å². The summed E-state index contributed by atoms with van der Waals surface area (Å²) in [5.74, 6) is 0.801. The van der Waals surface area contributed by atoms with Gasteiger partial charge in [-0.15, -0.1) is 0 Å². The van der Waals surface area contributed by atoms with Crippen LogP contribution in [-0.4, -0.2) is 13.2 Å². The van der Waals surface area contributed by atoms with Crippen molar-refractivity contribution in [3.63, 3.8) is 0 Å². The summed E-state index contributed by atoms with van der Waals surface area (Å²) in [4.78, 5) is 12.2. The number of ether oxygens (including phenoxy) is 2. The number of carbonyl (C=O) groups is 1. The van der Waals surface area contributed by atoms with E-state index < -0.39 is 6.09 Å². The lowest BCUT2D eigenvalue weighted by Gasteiger charge is -2.14. The van der Waals surface area contributed by atoms with Crippen molar-refractivity contribution in [3.05, 3.63) is 49.9 Å². The van der Waals surface area contributed by atoms with Gasteiger partial charge < -0.3 is 9.47 Å². The Balaban J connectivity index is 2.22. The molecule has 6 heteroatoms. The molecule has 0 saturated heterocycles. The molecule has 2 aromatic carbocycles. The molecular formula is C17H17Br2NO3. The van der Waals surface area contributed by atoms with Crippen LogP contribution >= 0.6 is 31.9 Å². The van der Waals surface area contributed by atoms with Crippen LogP contribution < -0.4 is 14.8 Å². The number of hydrogen-bond acceptors (Lipinski definition) is 3. The van der Waals surface area contributed by atoms with Crippen LogP contribution in [0.3, 0.4) is 0 Å². The number of rotatable bonds is 3. The summed E-state index contributed by atoms with van der Waals surface area (Å²) >= 11 is 6.77. The maximum atomic E-state index is 12.2. The third-order valence-corrected chi connectivity index (χ3v) is 5.16. The number of carbonyl (C=O) groups excluding carboxylic acids is 1. The minimum absolute atomic E-state index is 0.336. The molecule has 2 aromatic rings. The number of hydrogen-bond donors (Lipinski definition) is 1. The van der Waals surface area contributed by atoms with E-state index in [1.54, 1.807) is 12.1 Å². The molecule has 4 nitrogen and oxygen atoms in total. The summed E-state index contributed by atoms with van der Waals surface area (Å²) in [5, 5.41) is 2.80. The van der Waals surface area contributed by atoms with Crippen molar-refractivity contribution in [1.29, 1.82) is 0 Å². The van der Waals surface area contributed by atoms with Crippen molar-refractivity contribution in [2.24, 2.45) is 0 Å². The topological polar surface area (TPSA) is 47.6 Å². The highest BCUT2D eigenvalue weighted by molar-refractivity contribution is 9.13. The fourth-order valence-electron chi connectivity index (χ4n) is 2.35. The van der Waals surface area contributed by atoms with Crippen molar-refractivity contribution in [1.82, 2.24) is 0 Å². The lowest BCUT2D eigenvalue weighted by Crippen LogP contribution is -2.18. The standard InChI is InChI=1S/C17H17Br2NO3/c1-9-5-10(2)16(11(3)6-9)20-17(21)23-15-8-13(19)12(18)7-14(15)22-4/h5-8H,1-4H3,(H,20,21). The van der Waals surface area contributed by atoms with Gasteiger partial charge in [-0.1, -0.05) is 17.7 Å². The Morgan fingerprint density at radius 1 is 0.957 bits per heavy atom. The Bertz CT molecular complexity index is 737. The van der Waals surface area contributed by atoms with E-state index in [1.165, 1.54) is 7.11 Å². The van der Waals surface area contributed by atoms with Gasteiger partial charge in [0, 0.05) is 20.7 Å². The Morgan fingerprint density at radius 3 is 2.00 bits per heavy atom. The minimum Gasteiger partial charge on any atom is -0.493 e. The number of methoxy groups -OCH3 is 1. The summed E-state index contributed by atoms with van der Waals surface area (Å²) in [6.45, 7) is 5.92. The molecule has 122 valence electrons. The van der Waals surface area contributed by atoms with Gasteiger partial charge >= 0.3 is 6.09 Å². The Kier molecular flexibility index (Phi) is 5.70. The van der Waals surface area contributed by atoms with E-state index in [9.17, 15) is 4.79 Å². The molecule has 0 bridgehead atoms. The third-order valence-electron chi connectivity index (χ3n) is 3.31. The van der Waals surface area contributed by atoms with Crippen LogP contribution in [0, 0.1) is 20.8 Å². The van der Waals surface area contributed by atoms with Crippen molar-refractivity contribution >= 4 is 43.6 Å². The van der Waals surface area contributed by atoms with Gasteiger partial charge in [0.15, 0.2) is 11.5 Å². The zero-order valence-corrected chi connectivity index (χ0v) is 16.5. The first-order valence-corrected chi connectivity index (χ1v) is 8.50. The molecule has 0 radical (unpaired) electrons. The van der Waals surface area contributed by atoms with Gasteiger partial charge in [-0.3, -0.25) is 5.32 Å². The third kappa shape index (κ3) is 4.26. The molecule has 0 aromatic heterocycles. The van der Waals surface area contributed by atoms with E-state index in [4.69, 9.17) is 9.47 Å². The van der Waals surface area contributed by atoms with E-state index in [0.29, 0.717) is 11.5 Å². The fraction of sp³-hybridized carbons (Fsp3) is 0.235. The highest BCUT2D eigenvalue weighted by Crippen LogP contribution is 2.36. The van der Waals surface area contributed by atoms with Crippen molar-refractivity contribution in [2.75, 3.05) is 12.4 Å². The number of benzene rings is 2. The van der Waals surface area contributed by atoms with Gasteiger partial charge in [0.05, 0.1) is 7.11 Å². The molecule has 0 atom stereocenters. The number of nitrogens with one attached hydrogen (secondary N) is 1. The quantitative estimate of drug-likeness (QED) is 0.657. The molecule has 0 aliphatic heterocycles. The summed E-state index contributed by atoms with van der Waals surface area (Å²) < 4.78 is 12.2. The monoisotopic (exact) mass is 441 g/mol. The van der Waals surface area contributed by atoms with Crippen LogP contribution in [-0.2, 0) is 0 Å². The largest absolute Gasteiger partial charge is 0.493 e. The molecular weight excluding hydrogens is 426 g/mol. The van der Waals surface area contributed by atoms with Gasteiger partial charge in [-0.05, 0) is 69.8 Å². The van der Waals surface area contributed by atoms with E-state index >= 15 is 0 Å². The van der Waals surface area contributed by atoms with Gasteiger partial charge in [0.1, 0.15) is 0 Å². The van der Waals surface area contributed by atoms with Crippen molar-refractivity contribution in [2.45, 2.75) is 20.8 Å². The van der Waals surface area contributed by atoms with E-state index in [2.05, 4.69) is 37.2 Å². The Morgan fingerprint density at radius 2 is 1.48 bits per heavy atom. The van der Waals surface area contributed by atoms with E-state index in [-0.39, 0.29) is 0 Å². The number of anilines is 1. The number of amides is 1. The maximum absolute atomic E-state index is 12.2. The summed E-state index contributed by atoms with van der Waals surface area (Å²) in [5.41, 5.74) is 3.89. The molecule has 1 N–H and O–H groups in total. The van der Waals surface area contributed by atoms with Gasteiger partial charge in [-0.2, -0.15) is 0 Å². The molecule has 23 heavy (non-hydrogen) atoms. The second kappa shape index (κ2) is 7.36. The zero-order valence-electron chi connectivity index (χ0n) is 13.3. The highest BCUT2D eigenvalue weighted by atomic mass is 79.9. The summed E-state index contributed by atoms with van der Waals surface area (Å²) in [7, 11) is 1.52. The molecule has 0 spiro atoms. The summed E-state index contributed by atoms with van der Waals surface area (Å²) in [6.07, 6.45) is -0.562. The smallest absolute Gasteiger partial charge is 0.417 e. The summed E-state index contributed by atoms with van der Waals surface area (Å²) in [6, 6.07) is 7.44. The first-order valence-electron chi connectivity index (χ1n) is 6.91. The highest BCUT2D eigenvalue weighted by Gasteiger charge is 2.15. The molecule has 2 rings (SSSR count). The predicted octanol–water partition coefficient (Wildman–Crippen LogP) is 5.76. The molecule has 0 aliphatic rings. The maximum Gasteiger partial charge on any atom is 0.417 e. The minimum atomic E-state index is -0.562. The number of aryl methyl sites for hydroxylation is 3. The average Bonchev–Trinajstić information content (AvgIpc) is 2.46. The van der Waals surface area contributed by atoms with Crippen LogP contribution in [0.15, 0.2) is 33.2 Å². The molecule has 0 heterocycles. The Labute approximate surface area is 152 Å². The lowest BCUT2D eigenvalue weighted by atomic mass is 10.1. The first-order chi connectivity index (χ1) is 10.8. The first kappa shape index (κ1) is 17.8. The van der Waals surface area contributed by atoms with Gasteiger partial charge in [0.25, 0.3) is 0 Å². The average molecular weight is 443 g/mol.